The molecule has 0 spiro atoms. The molecule has 1 N–H and O–H groups in total. The Labute approximate surface area is 116 Å². The maximum Gasteiger partial charge on any atom is 0.316 e. The number of aromatic nitrogens is 2. The van der Waals surface area contributed by atoms with Crippen molar-refractivity contribution in [3.8, 4) is 6.01 Å². The van der Waals surface area contributed by atoms with Crippen LogP contribution in [0.15, 0.2) is 42.7 Å². The summed E-state index contributed by atoms with van der Waals surface area (Å²) in [6.45, 7) is 0.369. The van der Waals surface area contributed by atoms with Crippen molar-refractivity contribution in [2.24, 2.45) is 0 Å². The third kappa shape index (κ3) is 4.33. The molecule has 0 aliphatic heterocycles. The summed E-state index contributed by atoms with van der Waals surface area (Å²) in [4.78, 5) is 19.4. The lowest BCUT2D eigenvalue weighted by molar-refractivity contribution is -0.121. The molecular formula is C14H15N3O3. The fourth-order valence-electron chi connectivity index (χ4n) is 1.52. The van der Waals surface area contributed by atoms with Crippen molar-refractivity contribution in [3.63, 3.8) is 0 Å². The monoisotopic (exact) mass is 273 g/mol. The minimum Gasteiger partial charge on any atom is -0.467 e. The van der Waals surface area contributed by atoms with Crippen LogP contribution in [0.5, 0.6) is 6.01 Å². The van der Waals surface area contributed by atoms with Gasteiger partial charge < -0.3 is 14.8 Å². The number of amides is 1. The van der Waals surface area contributed by atoms with Crippen molar-refractivity contribution in [1.29, 1.82) is 0 Å². The Morgan fingerprint density at radius 1 is 1.20 bits per heavy atom. The van der Waals surface area contributed by atoms with Crippen LogP contribution >= 0.6 is 0 Å². The van der Waals surface area contributed by atoms with Gasteiger partial charge in [0.1, 0.15) is 6.61 Å². The van der Waals surface area contributed by atoms with Gasteiger partial charge in [-0.1, -0.05) is 30.3 Å². The Kier molecular flexibility index (Phi) is 5.02. The van der Waals surface area contributed by atoms with E-state index in [0.717, 1.165) is 5.56 Å². The Morgan fingerprint density at radius 3 is 2.55 bits per heavy atom. The van der Waals surface area contributed by atoms with E-state index in [1.807, 2.05) is 30.3 Å². The third-order valence-electron chi connectivity index (χ3n) is 2.44. The molecule has 0 atom stereocenters. The molecule has 104 valence electrons. The van der Waals surface area contributed by atoms with Crippen LogP contribution in [0.3, 0.4) is 0 Å². The highest BCUT2D eigenvalue weighted by Gasteiger charge is 2.04. The number of carbonyl (C=O) groups excluding carboxylic acids is 1. The van der Waals surface area contributed by atoms with Gasteiger partial charge >= 0.3 is 6.01 Å². The lowest BCUT2D eigenvalue weighted by atomic mass is 10.2. The molecular weight excluding hydrogens is 258 g/mol. The van der Waals surface area contributed by atoms with E-state index in [1.165, 1.54) is 19.5 Å². The van der Waals surface area contributed by atoms with Crippen LogP contribution in [-0.4, -0.2) is 29.6 Å². The first-order chi connectivity index (χ1) is 9.78. The molecule has 1 heterocycles. The summed E-state index contributed by atoms with van der Waals surface area (Å²) in [6.07, 6.45) is 2.95. The molecule has 0 saturated carbocycles. The first kappa shape index (κ1) is 14.0. The predicted molar refractivity (Wildman–Crippen MR) is 73.3 cm³/mol. The summed E-state index contributed by atoms with van der Waals surface area (Å²) in [6, 6.07) is 9.91. The van der Waals surface area contributed by atoms with Crippen LogP contribution in [0.25, 0.3) is 0 Å². The molecule has 0 fully saturated rings. The molecule has 0 saturated heterocycles. The van der Waals surface area contributed by atoms with Gasteiger partial charge in [-0.3, -0.25) is 4.79 Å². The summed E-state index contributed by atoms with van der Waals surface area (Å²) >= 11 is 0. The number of rotatable bonds is 6. The quantitative estimate of drug-likeness (QED) is 0.866. The molecule has 2 rings (SSSR count). The number of ether oxygens (including phenoxy) is 2. The second-order valence-corrected chi connectivity index (χ2v) is 3.99. The number of nitrogens with zero attached hydrogens (tertiary/aromatic N) is 2. The molecule has 0 aliphatic rings. The zero-order valence-corrected chi connectivity index (χ0v) is 11.1. The fourth-order valence-corrected chi connectivity index (χ4v) is 1.52. The van der Waals surface area contributed by atoms with Crippen LogP contribution in [0, 0.1) is 0 Å². The lowest BCUT2D eigenvalue weighted by Crippen LogP contribution is -2.18. The van der Waals surface area contributed by atoms with E-state index in [0.29, 0.717) is 12.3 Å². The van der Waals surface area contributed by atoms with Gasteiger partial charge in [0.25, 0.3) is 0 Å². The van der Waals surface area contributed by atoms with E-state index >= 15 is 0 Å². The number of hydrogen-bond donors (Lipinski definition) is 1. The van der Waals surface area contributed by atoms with E-state index < -0.39 is 0 Å². The molecule has 6 heteroatoms. The smallest absolute Gasteiger partial charge is 0.316 e. The lowest BCUT2D eigenvalue weighted by Gasteiger charge is -2.06. The van der Waals surface area contributed by atoms with E-state index in [2.05, 4.69) is 15.3 Å². The van der Waals surface area contributed by atoms with Crippen molar-refractivity contribution >= 4 is 11.6 Å². The minimum absolute atomic E-state index is 0.0269. The van der Waals surface area contributed by atoms with Gasteiger partial charge in [0, 0.05) is 0 Å². The second kappa shape index (κ2) is 7.20. The normalized spacial score (nSPS) is 10.1. The maximum atomic E-state index is 11.6. The van der Waals surface area contributed by atoms with Gasteiger partial charge in [0.15, 0.2) is 0 Å². The molecule has 0 unspecified atom stereocenters. The number of hydrogen-bond acceptors (Lipinski definition) is 5. The van der Waals surface area contributed by atoms with Crippen molar-refractivity contribution < 1.29 is 14.3 Å². The molecule has 0 radical (unpaired) electrons. The predicted octanol–water partition coefficient (Wildman–Crippen LogP) is 1.64. The van der Waals surface area contributed by atoms with Crippen LogP contribution in [0.4, 0.5) is 5.69 Å². The van der Waals surface area contributed by atoms with Gasteiger partial charge in [-0.25, -0.2) is 9.97 Å². The average Bonchev–Trinajstić information content (AvgIpc) is 2.49. The highest BCUT2D eigenvalue weighted by Crippen LogP contribution is 2.06. The summed E-state index contributed by atoms with van der Waals surface area (Å²) in [5.41, 5.74) is 1.52. The van der Waals surface area contributed by atoms with Gasteiger partial charge in [0.2, 0.25) is 5.91 Å². The second-order valence-electron chi connectivity index (χ2n) is 3.99. The number of methoxy groups -OCH3 is 1. The van der Waals surface area contributed by atoms with E-state index in [9.17, 15) is 4.79 Å². The van der Waals surface area contributed by atoms with Crippen LogP contribution in [-0.2, 0) is 16.1 Å². The zero-order chi connectivity index (χ0) is 14.2. The van der Waals surface area contributed by atoms with Crippen LogP contribution in [0.1, 0.15) is 5.56 Å². The van der Waals surface area contributed by atoms with Crippen molar-refractivity contribution in [2.45, 2.75) is 6.61 Å². The highest BCUT2D eigenvalue weighted by atomic mass is 16.5. The first-order valence-electron chi connectivity index (χ1n) is 6.05. The number of anilines is 1. The molecule has 1 aromatic carbocycles. The van der Waals surface area contributed by atoms with Crippen LogP contribution < -0.4 is 10.1 Å². The van der Waals surface area contributed by atoms with Crippen molar-refractivity contribution in [2.75, 3.05) is 19.0 Å². The molecule has 6 nitrogen and oxygen atoms in total. The van der Waals surface area contributed by atoms with E-state index in [-0.39, 0.29) is 18.5 Å². The largest absolute Gasteiger partial charge is 0.467 e. The SMILES string of the molecule is COc1ncc(NC(=O)COCc2ccccc2)cn1. The third-order valence-corrected chi connectivity index (χ3v) is 2.44. The van der Waals surface area contributed by atoms with Crippen LogP contribution in [0.2, 0.25) is 0 Å². The Bertz CT molecular complexity index is 543. The van der Waals surface area contributed by atoms with Crippen molar-refractivity contribution in [3.05, 3.63) is 48.3 Å². The van der Waals surface area contributed by atoms with Crippen molar-refractivity contribution in [1.82, 2.24) is 9.97 Å². The maximum absolute atomic E-state index is 11.6. The first-order valence-corrected chi connectivity index (χ1v) is 6.05. The Balaban J connectivity index is 1.74. The Morgan fingerprint density at radius 2 is 1.90 bits per heavy atom. The van der Waals surface area contributed by atoms with E-state index in [4.69, 9.17) is 9.47 Å². The standard InChI is InChI=1S/C14H15N3O3/c1-19-14-15-7-12(8-16-14)17-13(18)10-20-9-11-5-3-2-4-6-11/h2-8H,9-10H2,1H3,(H,17,18). The molecule has 2 aromatic rings. The van der Waals surface area contributed by atoms with E-state index in [1.54, 1.807) is 0 Å². The topological polar surface area (TPSA) is 73.3 Å². The summed E-state index contributed by atoms with van der Waals surface area (Å²) in [7, 11) is 1.48. The molecule has 1 amide bonds. The summed E-state index contributed by atoms with van der Waals surface area (Å²) in [5.74, 6) is -0.255. The molecule has 1 aromatic heterocycles. The van der Waals surface area contributed by atoms with Gasteiger partial charge in [0.05, 0.1) is 31.8 Å². The van der Waals surface area contributed by atoms with Gasteiger partial charge in [-0.2, -0.15) is 0 Å². The Hall–Kier alpha value is -2.47. The number of benzene rings is 1. The average molecular weight is 273 g/mol. The zero-order valence-electron chi connectivity index (χ0n) is 11.1. The highest BCUT2D eigenvalue weighted by molar-refractivity contribution is 5.91. The van der Waals surface area contributed by atoms with Gasteiger partial charge in [-0.05, 0) is 5.56 Å². The molecule has 0 aliphatic carbocycles. The minimum atomic E-state index is -0.255. The number of nitrogens with one attached hydrogen (secondary N) is 1. The summed E-state index contributed by atoms with van der Waals surface area (Å²) < 4.78 is 10.1. The molecule has 20 heavy (non-hydrogen) atoms. The fraction of sp³-hybridized carbons (Fsp3) is 0.214. The van der Waals surface area contributed by atoms with Gasteiger partial charge in [-0.15, -0.1) is 0 Å². The number of carbonyl (C=O) groups is 1. The molecule has 0 bridgehead atoms. The summed E-state index contributed by atoms with van der Waals surface area (Å²) in [5, 5.41) is 2.64.